The Balaban J connectivity index is 1.64. The third-order valence-electron chi connectivity index (χ3n) is 5.60. The molecule has 0 atom stereocenters. The Morgan fingerprint density at radius 2 is 1.73 bits per heavy atom. The molecule has 0 spiro atoms. The molecule has 0 radical (unpaired) electrons. The second-order valence-electron chi connectivity index (χ2n) is 7.68. The molecule has 2 N–H and O–H groups in total. The summed E-state index contributed by atoms with van der Waals surface area (Å²) >= 11 is 6.52. The van der Waals surface area contributed by atoms with Gasteiger partial charge in [0.05, 0.1) is 17.3 Å². The minimum Gasteiger partial charge on any atom is -0.492 e. The van der Waals surface area contributed by atoms with Gasteiger partial charge in [-0.15, -0.1) is 0 Å². The van der Waals surface area contributed by atoms with Crippen molar-refractivity contribution in [1.82, 2.24) is 24.4 Å². The molecule has 3 heterocycles. The molecule has 4 aromatic rings. The van der Waals surface area contributed by atoms with E-state index < -0.39 is 11.2 Å². The van der Waals surface area contributed by atoms with E-state index >= 15 is 0 Å². The number of aromatic nitrogens is 4. The average molecular weight is 467 g/mol. The fourth-order valence-corrected chi connectivity index (χ4v) is 4.25. The first-order valence-corrected chi connectivity index (χ1v) is 11.2. The Morgan fingerprint density at radius 1 is 1.00 bits per heavy atom. The van der Waals surface area contributed by atoms with E-state index in [-0.39, 0.29) is 18.7 Å². The lowest BCUT2D eigenvalue weighted by atomic mass is 10.3. The van der Waals surface area contributed by atoms with Crippen molar-refractivity contribution in [3.05, 3.63) is 80.5 Å². The fourth-order valence-electron chi connectivity index (χ4n) is 4.03. The molecule has 0 amide bonds. The highest BCUT2D eigenvalue weighted by molar-refractivity contribution is 6.32. The van der Waals surface area contributed by atoms with Gasteiger partial charge in [-0.3, -0.25) is 18.9 Å². The predicted molar refractivity (Wildman–Crippen MR) is 128 cm³/mol. The van der Waals surface area contributed by atoms with Gasteiger partial charge < -0.3 is 15.0 Å². The van der Waals surface area contributed by atoms with Crippen molar-refractivity contribution in [2.24, 2.45) is 0 Å². The number of ether oxygens (including phenoxy) is 1. The van der Waals surface area contributed by atoms with Gasteiger partial charge in [0.25, 0.3) is 5.56 Å². The number of halogens is 1. The Morgan fingerprint density at radius 3 is 2.48 bits per heavy atom. The van der Waals surface area contributed by atoms with E-state index in [9.17, 15) is 9.59 Å². The third-order valence-corrected chi connectivity index (χ3v) is 5.92. The van der Waals surface area contributed by atoms with Crippen LogP contribution in [0.5, 0.6) is 5.75 Å². The number of aromatic amines is 1. The zero-order valence-electron chi connectivity index (χ0n) is 17.8. The number of fused-ring (bicyclic) bond motifs is 1. The summed E-state index contributed by atoms with van der Waals surface area (Å²) < 4.78 is 8.96. The lowest BCUT2D eigenvalue weighted by Gasteiger charge is -2.28. The number of rotatable bonds is 6. The highest BCUT2D eigenvalue weighted by atomic mass is 35.5. The standard InChI is InChI=1S/C23H23ClN6O3/c24-17-8-4-5-9-18(17)30-19-20(26-22(30)28-12-10-25-11-13-28)29(23(32)27-21(19)31)14-15-33-16-6-2-1-3-7-16/h1-9,25H,10-15H2,(H,27,31,32). The minimum absolute atomic E-state index is 0.224. The Hall–Kier alpha value is -3.56. The van der Waals surface area contributed by atoms with Crippen LogP contribution in [0.1, 0.15) is 0 Å². The van der Waals surface area contributed by atoms with Crippen LogP contribution in [0.3, 0.4) is 0 Å². The predicted octanol–water partition coefficient (Wildman–Crippen LogP) is 2.02. The van der Waals surface area contributed by atoms with Crippen molar-refractivity contribution in [2.45, 2.75) is 6.54 Å². The van der Waals surface area contributed by atoms with Gasteiger partial charge in [0.2, 0.25) is 5.95 Å². The van der Waals surface area contributed by atoms with Crippen LogP contribution in [0.4, 0.5) is 5.95 Å². The van der Waals surface area contributed by atoms with E-state index in [1.165, 1.54) is 4.57 Å². The molecular formula is C23H23ClN6O3. The fraction of sp³-hybridized carbons (Fsp3) is 0.261. The van der Waals surface area contributed by atoms with E-state index in [1.807, 2.05) is 48.5 Å². The molecule has 1 aliphatic rings. The number of piperazine rings is 1. The molecule has 170 valence electrons. The molecule has 1 fully saturated rings. The SMILES string of the molecule is O=c1[nH]c(=O)n(CCOc2ccccc2)c2nc(N3CCNCC3)n(-c3ccccc3Cl)c12. The first-order chi connectivity index (χ1) is 16.1. The molecule has 10 heteroatoms. The van der Waals surface area contributed by atoms with E-state index in [0.29, 0.717) is 41.1 Å². The number of anilines is 1. The van der Waals surface area contributed by atoms with Gasteiger partial charge in [-0.25, -0.2) is 4.79 Å². The van der Waals surface area contributed by atoms with Crippen molar-refractivity contribution in [3.8, 4) is 11.4 Å². The molecule has 9 nitrogen and oxygen atoms in total. The van der Waals surface area contributed by atoms with Gasteiger partial charge in [0, 0.05) is 26.2 Å². The van der Waals surface area contributed by atoms with E-state index in [1.54, 1.807) is 10.6 Å². The third kappa shape index (κ3) is 4.12. The molecule has 5 rings (SSSR count). The molecule has 0 unspecified atom stereocenters. The molecule has 0 bridgehead atoms. The number of hydrogen-bond donors (Lipinski definition) is 2. The lowest BCUT2D eigenvalue weighted by molar-refractivity contribution is 0.297. The summed E-state index contributed by atoms with van der Waals surface area (Å²) in [6, 6.07) is 16.6. The minimum atomic E-state index is -0.528. The Bertz CT molecular complexity index is 1390. The van der Waals surface area contributed by atoms with Gasteiger partial charge in [-0.05, 0) is 24.3 Å². The zero-order valence-corrected chi connectivity index (χ0v) is 18.6. The normalized spacial score (nSPS) is 14.0. The average Bonchev–Trinajstić information content (AvgIpc) is 3.23. The second-order valence-corrected chi connectivity index (χ2v) is 8.09. The molecule has 1 aliphatic heterocycles. The number of para-hydroxylation sites is 2. The van der Waals surface area contributed by atoms with Crippen molar-refractivity contribution in [3.63, 3.8) is 0 Å². The number of nitrogens with one attached hydrogen (secondary N) is 2. The lowest BCUT2D eigenvalue weighted by Crippen LogP contribution is -2.44. The monoisotopic (exact) mass is 466 g/mol. The molecule has 1 saturated heterocycles. The molecule has 0 aliphatic carbocycles. The number of hydrogen-bond acceptors (Lipinski definition) is 6. The summed E-state index contributed by atoms with van der Waals surface area (Å²) in [5, 5.41) is 3.80. The van der Waals surface area contributed by atoms with Gasteiger partial charge in [0.1, 0.15) is 12.4 Å². The number of benzene rings is 2. The van der Waals surface area contributed by atoms with Crippen LogP contribution in [-0.4, -0.2) is 51.9 Å². The quantitative estimate of drug-likeness (QED) is 0.451. The topological polar surface area (TPSA) is 97.2 Å². The number of nitrogens with zero attached hydrogens (tertiary/aromatic N) is 4. The number of imidazole rings is 1. The van der Waals surface area contributed by atoms with Gasteiger partial charge >= 0.3 is 5.69 Å². The van der Waals surface area contributed by atoms with Crippen LogP contribution in [-0.2, 0) is 6.54 Å². The number of H-pyrrole nitrogens is 1. The van der Waals surface area contributed by atoms with E-state index in [4.69, 9.17) is 21.3 Å². The van der Waals surface area contributed by atoms with Crippen molar-refractivity contribution < 1.29 is 4.74 Å². The first-order valence-electron chi connectivity index (χ1n) is 10.8. The smallest absolute Gasteiger partial charge is 0.330 e. The van der Waals surface area contributed by atoms with E-state index in [0.717, 1.165) is 13.1 Å². The van der Waals surface area contributed by atoms with Crippen LogP contribution in [0.15, 0.2) is 64.2 Å². The van der Waals surface area contributed by atoms with Crippen LogP contribution >= 0.6 is 11.6 Å². The van der Waals surface area contributed by atoms with Crippen LogP contribution < -0.4 is 26.2 Å². The van der Waals surface area contributed by atoms with Gasteiger partial charge in [-0.2, -0.15) is 4.98 Å². The molecule has 33 heavy (non-hydrogen) atoms. The Labute approximate surface area is 194 Å². The zero-order chi connectivity index (χ0) is 22.8. The van der Waals surface area contributed by atoms with Crippen LogP contribution in [0, 0.1) is 0 Å². The maximum atomic E-state index is 13.0. The summed E-state index contributed by atoms with van der Waals surface area (Å²) in [5.74, 6) is 1.28. The van der Waals surface area contributed by atoms with Crippen molar-refractivity contribution >= 4 is 28.7 Å². The maximum Gasteiger partial charge on any atom is 0.330 e. The Kier molecular flexibility index (Phi) is 5.89. The first kappa shape index (κ1) is 21.3. The molecule has 2 aromatic heterocycles. The maximum absolute atomic E-state index is 13.0. The molecular weight excluding hydrogens is 444 g/mol. The summed E-state index contributed by atoms with van der Waals surface area (Å²) in [5.41, 5.74) is 0.167. The van der Waals surface area contributed by atoms with Crippen LogP contribution in [0.25, 0.3) is 16.9 Å². The van der Waals surface area contributed by atoms with Gasteiger partial charge in [0.15, 0.2) is 11.2 Å². The molecule has 0 saturated carbocycles. The summed E-state index contributed by atoms with van der Waals surface area (Å²) in [4.78, 5) is 35.1. The van der Waals surface area contributed by atoms with Crippen LogP contribution in [0.2, 0.25) is 5.02 Å². The van der Waals surface area contributed by atoms with Crippen molar-refractivity contribution in [1.29, 1.82) is 0 Å². The highest BCUT2D eigenvalue weighted by Gasteiger charge is 2.25. The van der Waals surface area contributed by atoms with Crippen molar-refractivity contribution in [2.75, 3.05) is 37.7 Å². The summed E-state index contributed by atoms with van der Waals surface area (Å²) in [7, 11) is 0. The largest absolute Gasteiger partial charge is 0.492 e. The van der Waals surface area contributed by atoms with E-state index in [2.05, 4.69) is 15.2 Å². The summed E-state index contributed by atoms with van der Waals surface area (Å²) in [6.45, 7) is 3.48. The summed E-state index contributed by atoms with van der Waals surface area (Å²) in [6.07, 6.45) is 0. The second kappa shape index (κ2) is 9.13. The van der Waals surface area contributed by atoms with Gasteiger partial charge in [-0.1, -0.05) is 41.9 Å². The molecule has 2 aromatic carbocycles. The highest BCUT2D eigenvalue weighted by Crippen LogP contribution is 2.29.